The molecule has 3 aromatic carbocycles. The SMILES string of the molecule is CCOc1ccc(N2C(=O)NC(=O)/C(=C/c3cccc(OS(=O)(=O)c4ccc(C)cc4)c3)C2=O)cc1. The standard InChI is InChI=1S/C26H22N2O7S/c1-3-34-20-11-9-19(10-12-20)28-25(30)23(24(29)27-26(28)31)16-18-5-4-6-21(15-18)35-36(32,33)22-13-7-17(2)8-14-22/h4-16H,3H2,1-2H3,(H,27,29,31)/b23-16-. The number of anilines is 1. The average Bonchev–Trinajstić information content (AvgIpc) is 2.83. The number of urea groups is 1. The Morgan fingerprint density at radius 2 is 1.61 bits per heavy atom. The van der Waals surface area contributed by atoms with Crippen molar-refractivity contribution in [2.75, 3.05) is 11.5 Å². The maximum Gasteiger partial charge on any atom is 0.339 e. The number of hydrogen-bond donors (Lipinski definition) is 1. The third kappa shape index (κ3) is 5.28. The van der Waals surface area contributed by atoms with Gasteiger partial charge in [-0.05, 0) is 74.0 Å². The van der Waals surface area contributed by atoms with Crippen LogP contribution in [0.5, 0.6) is 11.5 Å². The number of amides is 4. The number of nitrogens with zero attached hydrogens (tertiary/aromatic N) is 1. The molecule has 0 spiro atoms. The molecule has 1 fully saturated rings. The lowest BCUT2D eigenvalue weighted by Gasteiger charge is -2.26. The molecule has 0 aromatic heterocycles. The van der Waals surface area contributed by atoms with Crippen molar-refractivity contribution in [1.29, 1.82) is 0 Å². The van der Waals surface area contributed by atoms with E-state index in [1.54, 1.807) is 30.3 Å². The van der Waals surface area contributed by atoms with Gasteiger partial charge in [0.2, 0.25) is 0 Å². The molecule has 4 amide bonds. The maximum atomic E-state index is 13.1. The molecule has 0 bridgehead atoms. The number of carbonyl (C=O) groups excluding carboxylic acids is 3. The fourth-order valence-corrected chi connectivity index (χ4v) is 4.38. The van der Waals surface area contributed by atoms with Gasteiger partial charge in [-0.1, -0.05) is 29.8 Å². The lowest BCUT2D eigenvalue weighted by molar-refractivity contribution is -0.122. The first-order valence-electron chi connectivity index (χ1n) is 10.9. The van der Waals surface area contributed by atoms with E-state index >= 15 is 0 Å². The van der Waals surface area contributed by atoms with Gasteiger partial charge in [-0.2, -0.15) is 8.42 Å². The predicted octanol–water partition coefficient (Wildman–Crippen LogP) is 3.83. The Labute approximate surface area is 208 Å². The van der Waals surface area contributed by atoms with Crippen molar-refractivity contribution in [2.45, 2.75) is 18.7 Å². The quantitative estimate of drug-likeness (QED) is 0.294. The molecule has 4 rings (SSSR count). The Morgan fingerprint density at radius 1 is 0.917 bits per heavy atom. The smallest absolute Gasteiger partial charge is 0.339 e. The number of rotatable bonds is 7. The van der Waals surface area contributed by atoms with Crippen molar-refractivity contribution < 1.29 is 31.7 Å². The fraction of sp³-hybridized carbons (Fsp3) is 0.115. The highest BCUT2D eigenvalue weighted by molar-refractivity contribution is 7.87. The van der Waals surface area contributed by atoms with E-state index in [9.17, 15) is 22.8 Å². The molecule has 10 heteroatoms. The molecule has 1 aliphatic heterocycles. The molecule has 184 valence electrons. The summed E-state index contributed by atoms with van der Waals surface area (Å²) in [6, 6.07) is 17.5. The summed E-state index contributed by atoms with van der Waals surface area (Å²) in [6.07, 6.45) is 1.26. The van der Waals surface area contributed by atoms with Crippen LogP contribution >= 0.6 is 0 Å². The summed E-state index contributed by atoms with van der Waals surface area (Å²) in [5, 5.41) is 2.15. The number of carbonyl (C=O) groups is 3. The van der Waals surface area contributed by atoms with Gasteiger partial charge in [0.15, 0.2) is 0 Å². The van der Waals surface area contributed by atoms with Gasteiger partial charge in [-0.3, -0.25) is 14.9 Å². The molecule has 0 unspecified atom stereocenters. The summed E-state index contributed by atoms with van der Waals surface area (Å²) in [5.74, 6) is -1.14. The number of benzene rings is 3. The van der Waals surface area contributed by atoms with E-state index in [4.69, 9.17) is 8.92 Å². The summed E-state index contributed by atoms with van der Waals surface area (Å²) in [5.41, 5.74) is 1.17. The zero-order chi connectivity index (χ0) is 25.9. The van der Waals surface area contributed by atoms with Gasteiger partial charge < -0.3 is 8.92 Å². The van der Waals surface area contributed by atoms with E-state index in [0.717, 1.165) is 10.5 Å². The number of barbiturate groups is 1. The molecular weight excluding hydrogens is 484 g/mol. The Kier molecular flexibility index (Phi) is 6.89. The first-order valence-corrected chi connectivity index (χ1v) is 12.3. The second-order valence-corrected chi connectivity index (χ2v) is 9.35. The van der Waals surface area contributed by atoms with Crippen LogP contribution in [0.2, 0.25) is 0 Å². The highest BCUT2D eigenvalue weighted by Crippen LogP contribution is 2.26. The van der Waals surface area contributed by atoms with Crippen LogP contribution in [0.15, 0.2) is 83.3 Å². The molecule has 0 saturated carbocycles. The Hall–Kier alpha value is -4.44. The van der Waals surface area contributed by atoms with Crippen LogP contribution in [0.3, 0.4) is 0 Å². The van der Waals surface area contributed by atoms with Crippen molar-refractivity contribution in [3.8, 4) is 11.5 Å². The van der Waals surface area contributed by atoms with Crippen molar-refractivity contribution in [1.82, 2.24) is 5.32 Å². The molecule has 1 aliphatic rings. The number of ether oxygens (including phenoxy) is 1. The zero-order valence-electron chi connectivity index (χ0n) is 19.4. The van der Waals surface area contributed by atoms with E-state index in [2.05, 4.69) is 5.32 Å². The van der Waals surface area contributed by atoms with Gasteiger partial charge in [0.25, 0.3) is 11.8 Å². The first kappa shape index (κ1) is 24.7. The van der Waals surface area contributed by atoms with E-state index in [-0.39, 0.29) is 21.9 Å². The largest absolute Gasteiger partial charge is 0.494 e. The van der Waals surface area contributed by atoms with Crippen LogP contribution in [0.1, 0.15) is 18.1 Å². The molecule has 36 heavy (non-hydrogen) atoms. The first-order chi connectivity index (χ1) is 17.2. The van der Waals surface area contributed by atoms with Crippen molar-refractivity contribution in [3.63, 3.8) is 0 Å². The monoisotopic (exact) mass is 506 g/mol. The van der Waals surface area contributed by atoms with Crippen LogP contribution in [0.4, 0.5) is 10.5 Å². The van der Waals surface area contributed by atoms with Crippen molar-refractivity contribution in [3.05, 3.63) is 89.5 Å². The van der Waals surface area contributed by atoms with E-state index < -0.39 is 28.0 Å². The minimum Gasteiger partial charge on any atom is -0.494 e. The van der Waals surface area contributed by atoms with Crippen LogP contribution < -0.4 is 19.1 Å². The molecule has 0 radical (unpaired) electrons. The summed E-state index contributed by atoms with van der Waals surface area (Å²) in [7, 11) is -4.09. The zero-order valence-corrected chi connectivity index (χ0v) is 20.2. The lowest BCUT2D eigenvalue weighted by Crippen LogP contribution is -2.54. The molecule has 3 aromatic rings. The lowest BCUT2D eigenvalue weighted by atomic mass is 10.1. The highest BCUT2D eigenvalue weighted by Gasteiger charge is 2.36. The summed E-state index contributed by atoms with van der Waals surface area (Å²) < 4.78 is 35.8. The number of aryl methyl sites for hydroxylation is 1. The van der Waals surface area contributed by atoms with Crippen LogP contribution in [-0.2, 0) is 19.7 Å². The minimum atomic E-state index is -4.09. The molecule has 0 aliphatic carbocycles. The molecule has 0 atom stereocenters. The third-order valence-electron chi connectivity index (χ3n) is 5.19. The van der Waals surface area contributed by atoms with Gasteiger partial charge in [0.1, 0.15) is 22.0 Å². The summed E-state index contributed by atoms with van der Waals surface area (Å²) in [6.45, 7) is 4.12. The Balaban J connectivity index is 1.60. The summed E-state index contributed by atoms with van der Waals surface area (Å²) in [4.78, 5) is 38.8. The molecule has 9 nitrogen and oxygen atoms in total. The van der Waals surface area contributed by atoms with Crippen molar-refractivity contribution >= 4 is 39.7 Å². The highest BCUT2D eigenvalue weighted by atomic mass is 32.2. The van der Waals surface area contributed by atoms with E-state index in [1.807, 2.05) is 13.8 Å². The van der Waals surface area contributed by atoms with Gasteiger partial charge in [-0.15, -0.1) is 0 Å². The van der Waals surface area contributed by atoms with Gasteiger partial charge >= 0.3 is 16.1 Å². The topological polar surface area (TPSA) is 119 Å². The Morgan fingerprint density at radius 3 is 2.28 bits per heavy atom. The molecular formula is C26H22N2O7S. The number of imide groups is 2. The number of nitrogens with one attached hydrogen (secondary N) is 1. The number of hydrogen-bond acceptors (Lipinski definition) is 7. The van der Waals surface area contributed by atoms with Crippen LogP contribution in [-0.4, -0.2) is 32.9 Å². The molecule has 1 N–H and O–H groups in total. The Bertz CT molecular complexity index is 1460. The van der Waals surface area contributed by atoms with E-state index in [0.29, 0.717) is 17.9 Å². The van der Waals surface area contributed by atoms with E-state index in [1.165, 1.54) is 48.5 Å². The fourth-order valence-electron chi connectivity index (χ4n) is 3.45. The normalized spacial score (nSPS) is 15.1. The predicted molar refractivity (Wildman–Crippen MR) is 132 cm³/mol. The average molecular weight is 507 g/mol. The summed E-state index contributed by atoms with van der Waals surface area (Å²) >= 11 is 0. The maximum absolute atomic E-state index is 13.1. The van der Waals surface area contributed by atoms with Crippen LogP contribution in [0.25, 0.3) is 6.08 Å². The second kappa shape index (κ2) is 10.0. The van der Waals surface area contributed by atoms with Gasteiger partial charge in [0, 0.05) is 0 Å². The van der Waals surface area contributed by atoms with Crippen molar-refractivity contribution in [2.24, 2.45) is 0 Å². The molecule has 1 saturated heterocycles. The van der Waals surface area contributed by atoms with Gasteiger partial charge in [-0.25, -0.2) is 9.69 Å². The third-order valence-corrected chi connectivity index (χ3v) is 6.45. The van der Waals surface area contributed by atoms with Crippen LogP contribution in [0, 0.1) is 6.92 Å². The minimum absolute atomic E-state index is 0.00645. The second-order valence-electron chi connectivity index (χ2n) is 7.81. The molecule has 1 heterocycles. The van der Waals surface area contributed by atoms with Gasteiger partial charge in [0.05, 0.1) is 12.3 Å².